The zero-order valence-electron chi connectivity index (χ0n) is 14.6. The Morgan fingerprint density at radius 2 is 1.89 bits per heavy atom. The van der Waals surface area contributed by atoms with Crippen molar-refractivity contribution in [1.82, 2.24) is 19.7 Å². The summed E-state index contributed by atoms with van der Waals surface area (Å²) in [4.78, 5) is 21.5. The zero-order chi connectivity index (χ0) is 18.8. The second-order valence-electron chi connectivity index (χ2n) is 6.27. The Morgan fingerprint density at radius 3 is 2.63 bits per heavy atom. The van der Waals surface area contributed by atoms with Crippen LogP contribution < -0.4 is 5.32 Å². The largest absolute Gasteiger partial charge is 0.344 e. The Morgan fingerprint density at radius 1 is 1.07 bits per heavy atom. The number of carbonyl (C=O) groups is 1. The van der Waals surface area contributed by atoms with E-state index >= 15 is 0 Å². The molecule has 0 aliphatic rings. The lowest BCUT2D eigenvalue weighted by Crippen LogP contribution is -2.27. The van der Waals surface area contributed by atoms with Crippen LogP contribution in [0.25, 0.3) is 16.9 Å². The maximum absolute atomic E-state index is 12.6. The number of amides is 1. The fourth-order valence-corrected chi connectivity index (χ4v) is 3.00. The number of aromatic nitrogens is 3. The molecule has 0 bridgehead atoms. The minimum absolute atomic E-state index is 0.156. The molecule has 27 heavy (non-hydrogen) atoms. The van der Waals surface area contributed by atoms with Crippen molar-refractivity contribution in [3.63, 3.8) is 0 Å². The van der Waals surface area contributed by atoms with E-state index in [4.69, 9.17) is 11.6 Å². The van der Waals surface area contributed by atoms with Crippen molar-refractivity contribution in [3.8, 4) is 11.3 Å². The molecule has 0 saturated heterocycles. The fourth-order valence-electron chi connectivity index (χ4n) is 2.87. The highest BCUT2D eigenvalue weighted by atomic mass is 35.5. The normalized spacial score (nSPS) is 12.1. The molecule has 0 spiro atoms. The van der Waals surface area contributed by atoms with Crippen LogP contribution in [0.15, 0.2) is 73.2 Å². The molecule has 0 radical (unpaired) electrons. The molecule has 3 aromatic heterocycles. The molecule has 1 atom stereocenters. The third-order valence-corrected chi connectivity index (χ3v) is 4.58. The van der Waals surface area contributed by atoms with Crippen molar-refractivity contribution in [2.24, 2.45) is 0 Å². The summed E-state index contributed by atoms with van der Waals surface area (Å²) in [6.07, 6.45) is 5.40. The summed E-state index contributed by atoms with van der Waals surface area (Å²) < 4.78 is 1.85. The van der Waals surface area contributed by atoms with Gasteiger partial charge in [-0.2, -0.15) is 0 Å². The SMILES string of the molecule is CC(NC(=O)c1ccc2nc(-c3ccc(Cl)cc3)cn2c1)c1ccccn1. The maximum Gasteiger partial charge on any atom is 0.253 e. The van der Waals surface area contributed by atoms with Gasteiger partial charge in [0.25, 0.3) is 5.91 Å². The highest BCUT2D eigenvalue weighted by molar-refractivity contribution is 6.30. The molecule has 6 heteroatoms. The molecule has 3 heterocycles. The van der Waals surface area contributed by atoms with Gasteiger partial charge in [0, 0.05) is 29.2 Å². The van der Waals surface area contributed by atoms with E-state index in [1.165, 1.54) is 0 Å². The Kier molecular flexibility index (Phi) is 4.60. The van der Waals surface area contributed by atoms with Crippen LogP contribution in [0, 0.1) is 0 Å². The van der Waals surface area contributed by atoms with Gasteiger partial charge in [-0.15, -0.1) is 0 Å². The first-order valence-corrected chi connectivity index (χ1v) is 8.94. The number of hydrogen-bond acceptors (Lipinski definition) is 3. The van der Waals surface area contributed by atoms with Gasteiger partial charge in [0.1, 0.15) is 5.65 Å². The van der Waals surface area contributed by atoms with Gasteiger partial charge in [0.15, 0.2) is 0 Å². The van der Waals surface area contributed by atoms with E-state index < -0.39 is 0 Å². The van der Waals surface area contributed by atoms with E-state index in [0.29, 0.717) is 10.6 Å². The minimum atomic E-state index is -0.179. The first kappa shape index (κ1) is 17.2. The molecule has 134 valence electrons. The van der Waals surface area contributed by atoms with Crippen molar-refractivity contribution in [1.29, 1.82) is 0 Å². The maximum atomic E-state index is 12.6. The van der Waals surface area contributed by atoms with Gasteiger partial charge < -0.3 is 9.72 Å². The molecular weight excluding hydrogens is 360 g/mol. The van der Waals surface area contributed by atoms with Crippen LogP contribution in [0.1, 0.15) is 29.0 Å². The molecule has 4 rings (SSSR count). The van der Waals surface area contributed by atoms with Gasteiger partial charge >= 0.3 is 0 Å². The standard InChI is InChI=1S/C21H17ClN4O/c1-14(18-4-2-3-11-23-18)24-21(27)16-7-10-20-25-19(13-26(20)12-16)15-5-8-17(22)9-6-15/h2-14H,1H3,(H,24,27). The second kappa shape index (κ2) is 7.21. The van der Waals surface area contributed by atoms with Crippen LogP contribution in [0.4, 0.5) is 0 Å². The van der Waals surface area contributed by atoms with Crippen LogP contribution in [0.3, 0.4) is 0 Å². The first-order chi connectivity index (χ1) is 13.1. The third kappa shape index (κ3) is 3.68. The highest BCUT2D eigenvalue weighted by Crippen LogP contribution is 2.21. The summed E-state index contributed by atoms with van der Waals surface area (Å²) in [6.45, 7) is 1.91. The van der Waals surface area contributed by atoms with E-state index in [2.05, 4.69) is 15.3 Å². The van der Waals surface area contributed by atoms with Crippen LogP contribution in [0.2, 0.25) is 5.02 Å². The number of halogens is 1. The van der Waals surface area contributed by atoms with Crippen LogP contribution in [0.5, 0.6) is 0 Å². The fraction of sp³-hybridized carbons (Fsp3) is 0.0952. The van der Waals surface area contributed by atoms with Gasteiger partial charge in [-0.1, -0.05) is 29.8 Å². The van der Waals surface area contributed by atoms with E-state index in [1.54, 1.807) is 18.5 Å². The number of rotatable bonds is 4. The first-order valence-electron chi connectivity index (χ1n) is 8.56. The summed E-state index contributed by atoms with van der Waals surface area (Å²) in [7, 11) is 0. The molecule has 0 aliphatic heterocycles. The molecular formula is C21H17ClN4O. The number of nitrogens with zero attached hydrogens (tertiary/aromatic N) is 3. The topological polar surface area (TPSA) is 59.3 Å². The van der Waals surface area contributed by atoms with E-state index in [0.717, 1.165) is 22.6 Å². The summed E-state index contributed by atoms with van der Waals surface area (Å²) in [5.41, 5.74) is 3.95. The van der Waals surface area contributed by atoms with Crippen molar-refractivity contribution in [3.05, 3.63) is 89.5 Å². The minimum Gasteiger partial charge on any atom is -0.344 e. The summed E-state index contributed by atoms with van der Waals surface area (Å²) in [5, 5.41) is 3.66. The predicted octanol–water partition coefficient (Wildman–Crippen LogP) is 4.54. The number of nitrogens with one attached hydrogen (secondary N) is 1. The van der Waals surface area contributed by atoms with Crippen molar-refractivity contribution < 1.29 is 4.79 Å². The molecule has 1 aromatic carbocycles. The number of benzene rings is 1. The van der Waals surface area contributed by atoms with Crippen molar-refractivity contribution >= 4 is 23.2 Å². The molecule has 1 amide bonds. The average molecular weight is 377 g/mol. The van der Waals surface area contributed by atoms with Crippen LogP contribution in [-0.2, 0) is 0 Å². The average Bonchev–Trinajstić information content (AvgIpc) is 3.12. The number of imidazole rings is 1. The quantitative estimate of drug-likeness (QED) is 0.568. The van der Waals surface area contributed by atoms with E-state index in [-0.39, 0.29) is 11.9 Å². The molecule has 5 nitrogen and oxygen atoms in total. The number of hydrogen-bond donors (Lipinski definition) is 1. The summed E-state index contributed by atoms with van der Waals surface area (Å²) in [6, 6.07) is 16.6. The lowest BCUT2D eigenvalue weighted by molar-refractivity contribution is 0.0938. The van der Waals surface area contributed by atoms with Crippen LogP contribution >= 0.6 is 11.6 Å². The monoisotopic (exact) mass is 376 g/mol. The lowest BCUT2D eigenvalue weighted by Gasteiger charge is -2.13. The summed E-state index contributed by atoms with van der Waals surface area (Å²) >= 11 is 5.94. The Hall–Kier alpha value is -3.18. The predicted molar refractivity (Wildman–Crippen MR) is 106 cm³/mol. The Bertz CT molecular complexity index is 1090. The number of fused-ring (bicyclic) bond motifs is 1. The van der Waals surface area contributed by atoms with Gasteiger partial charge in [-0.3, -0.25) is 9.78 Å². The number of pyridine rings is 2. The van der Waals surface area contributed by atoms with Crippen molar-refractivity contribution in [2.45, 2.75) is 13.0 Å². The molecule has 0 fully saturated rings. The Labute approximate surface area is 161 Å². The van der Waals surface area contributed by atoms with Gasteiger partial charge in [0.05, 0.1) is 23.0 Å². The lowest BCUT2D eigenvalue weighted by atomic mass is 10.2. The van der Waals surface area contributed by atoms with Crippen LogP contribution in [-0.4, -0.2) is 20.3 Å². The van der Waals surface area contributed by atoms with Crippen molar-refractivity contribution in [2.75, 3.05) is 0 Å². The van der Waals surface area contributed by atoms with Gasteiger partial charge in [0.2, 0.25) is 0 Å². The van der Waals surface area contributed by atoms with E-state index in [9.17, 15) is 4.79 Å². The molecule has 1 unspecified atom stereocenters. The Balaban J connectivity index is 1.57. The third-order valence-electron chi connectivity index (χ3n) is 4.33. The molecule has 0 aliphatic carbocycles. The van der Waals surface area contributed by atoms with Gasteiger partial charge in [-0.25, -0.2) is 4.98 Å². The number of carbonyl (C=O) groups excluding carboxylic acids is 1. The molecule has 1 N–H and O–H groups in total. The smallest absolute Gasteiger partial charge is 0.253 e. The van der Waals surface area contributed by atoms with E-state index in [1.807, 2.05) is 66.1 Å². The second-order valence-corrected chi connectivity index (χ2v) is 6.70. The zero-order valence-corrected chi connectivity index (χ0v) is 15.4. The highest BCUT2D eigenvalue weighted by Gasteiger charge is 2.13. The summed E-state index contributed by atoms with van der Waals surface area (Å²) in [5.74, 6) is -0.156. The molecule has 0 saturated carbocycles. The molecule has 4 aromatic rings. The van der Waals surface area contributed by atoms with Gasteiger partial charge in [-0.05, 0) is 43.3 Å².